The van der Waals surface area contributed by atoms with Crippen LogP contribution in [0.25, 0.3) is 0 Å². The van der Waals surface area contributed by atoms with Gasteiger partial charge in [-0.3, -0.25) is 9.59 Å². The summed E-state index contributed by atoms with van der Waals surface area (Å²) in [6.45, 7) is 5.09. The van der Waals surface area contributed by atoms with Crippen LogP contribution < -0.4 is 0 Å². The fourth-order valence-corrected chi connectivity index (χ4v) is 1.76. The lowest BCUT2D eigenvalue weighted by atomic mass is 9.99. The van der Waals surface area contributed by atoms with Crippen LogP contribution in [0.1, 0.15) is 26.3 Å². The summed E-state index contributed by atoms with van der Waals surface area (Å²) >= 11 is 5.83. The Kier molecular flexibility index (Phi) is 4.95. The van der Waals surface area contributed by atoms with Gasteiger partial charge in [-0.2, -0.15) is 0 Å². The Balaban J connectivity index is 2.84. The quantitative estimate of drug-likeness (QED) is 0.682. The van der Waals surface area contributed by atoms with Crippen LogP contribution in [0.15, 0.2) is 24.3 Å². The number of esters is 1. The number of hydrogen-bond acceptors (Lipinski definition) is 3. The molecule has 1 N–H and O–H groups in total. The average Bonchev–Trinajstić information content (AvgIpc) is 2.23. The second-order valence-corrected chi connectivity index (χ2v) is 5.69. The summed E-state index contributed by atoms with van der Waals surface area (Å²) in [7, 11) is 0. The van der Waals surface area contributed by atoms with E-state index < -0.39 is 23.5 Å². The highest BCUT2D eigenvalue weighted by Gasteiger charge is 2.31. The molecule has 104 valence electrons. The topological polar surface area (TPSA) is 63.6 Å². The normalized spacial score (nSPS) is 12.8. The molecule has 19 heavy (non-hydrogen) atoms. The van der Waals surface area contributed by atoms with Crippen LogP contribution in [0.3, 0.4) is 0 Å². The zero-order valence-electron chi connectivity index (χ0n) is 11.1. The van der Waals surface area contributed by atoms with Crippen molar-refractivity contribution in [2.24, 2.45) is 5.92 Å². The number of carboxylic acids is 1. The molecular weight excluding hydrogens is 268 g/mol. The van der Waals surface area contributed by atoms with E-state index >= 15 is 0 Å². The lowest BCUT2D eigenvalue weighted by Crippen LogP contribution is -2.33. The molecule has 1 rings (SSSR count). The minimum Gasteiger partial charge on any atom is -0.481 e. The van der Waals surface area contributed by atoms with Crippen LogP contribution in [-0.4, -0.2) is 22.6 Å². The van der Waals surface area contributed by atoms with Gasteiger partial charge in [0.15, 0.2) is 5.92 Å². The Labute approximate surface area is 117 Å². The van der Waals surface area contributed by atoms with Crippen LogP contribution in [0.2, 0.25) is 5.02 Å². The SMILES string of the molecule is CC(C)(C)OC(=O)[C@@H](Cc1cccc(Cl)c1)C(=O)O. The van der Waals surface area contributed by atoms with Gasteiger partial charge in [-0.15, -0.1) is 0 Å². The first-order valence-electron chi connectivity index (χ1n) is 5.89. The lowest BCUT2D eigenvalue weighted by Gasteiger charge is -2.22. The van der Waals surface area contributed by atoms with Crippen LogP contribution >= 0.6 is 11.6 Å². The molecule has 0 bridgehead atoms. The minimum atomic E-state index is -1.22. The molecule has 0 saturated carbocycles. The number of carboxylic acid groups (broad SMARTS) is 1. The molecule has 0 aliphatic heterocycles. The highest BCUT2D eigenvalue weighted by atomic mass is 35.5. The van der Waals surface area contributed by atoms with E-state index in [1.165, 1.54) is 0 Å². The van der Waals surface area contributed by atoms with Gasteiger partial charge in [0.2, 0.25) is 0 Å². The number of aliphatic carboxylic acids is 1. The zero-order valence-corrected chi connectivity index (χ0v) is 11.9. The molecule has 1 aromatic carbocycles. The van der Waals surface area contributed by atoms with E-state index in [1.54, 1.807) is 45.0 Å². The van der Waals surface area contributed by atoms with Crippen molar-refractivity contribution < 1.29 is 19.4 Å². The summed E-state index contributed by atoms with van der Waals surface area (Å²) < 4.78 is 5.11. The number of hydrogen-bond donors (Lipinski definition) is 1. The van der Waals surface area contributed by atoms with Gasteiger partial charge >= 0.3 is 11.9 Å². The molecule has 1 aromatic rings. The Morgan fingerprint density at radius 3 is 2.47 bits per heavy atom. The standard InChI is InChI=1S/C14H17ClO4/c1-14(2,3)19-13(18)11(12(16)17)8-9-5-4-6-10(15)7-9/h4-7,11H,8H2,1-3H3,(H,16,17)/t11-/m0/s1. The second-order valence-electron chi connectivity index (χ2n) is 5.26. The lowest BCUT2D eigenvalue weighted by molar-refractivity contribution is -0.166. The summed E-state index contributed by atoms with van der Waals surface area (Å²) in [5.41, 5.74) is -0.0233. The molecule has 0 heterocycles. The fraction of sp³-hybridized carbons (Fsp3) is 0.429. The molecule has 1 atom stereocenters. The Morgan fingerprint density at radius 2 is 2.00 bits per heavy atom. The third kappa shape index (κ3) is 5.30. The van der Waals surface area contributed by atoms with E-state index in [1.807, 2.05) is 0 Å². The monoisotopic (exact) mass is 284 g/mol. The van der Waals surface area contributed by atoms with Crippen molar-refractivity contribution in [2.45, 2.75) is 32.8 Å². The van der Waals surface area contributed by atoms with E-state index in [0.717, 1.165) is 0 Å². The number of rotatable bonds is 4. The third-order valence-electron chi connectivity index (χ3n) is 2.32. The predicted octanol–water partition coefficient (Wildman–Crippen LogP) is 2.93. The molecule has 0 aromatic heterocycles. The molecule has 0 spiro atoms. The van der Waals surface area contributed by atoms with Gasteiger partial charge in [0.1, 0.15) is 5.60 Å². The number of halogens is 1. The van der Waals surface area contributed by atoms with Gasteiger partial charge in [0, 0.05) is 5.02 Å². The molecular formula is C14H17ClO4. The summed E-state index contributed by atoms with van der Waals surface area (Å²) in [5.74, 6) is -3.16. The summed E-state index contributed by atoms with van der Waals surface area (Å²) in [5, 5.41) is 9.64. The molecule has 0 aliphatic rings. The number of ether oxygens (including phenoxy) is 1. The van der Waals surface area contributed by atoms with E-state index in [0.29, 0.717) is 10.6 Å². The van der Waals surface area contributed by atoms with Crippen molar-refractivity contribution in [1.82, 2.24) is 0 Å². The molecule has 4 nitrogen and oxygen atoms in total. The molecule has 0 fully saturated rings. The Morgan fingerprint density at radius 1 is 1.37 bits per heavy atom. The minimum absolute atomic E-state index is 0.0603. The van der Waals surface area contributed by atoms with Gasteiger partial charge in [-0.1, -0.05) is 23.7 Å². The summed E-state index contributed by atoms with van der Waals surface area (Å²) in [6.07, 6.45) is 0.0603. The second kappa shape index (κ2) is 6.06. The van der Waals surface area contributed by atoms with Crippen LogP contribution in [0.4, 0.5) is 0 Å². The van der Waals surface area contributed by atoms with Crippen molar-refractivity contribution in [3.05, 3.63) is 34.9 Å². The highest BCUT2D eigenvalue weighted by molar-refractivity contribution is 6.30. The van der Waals surface area contributed by atoms with Crippen molar-refractivity contribution in [1.29, 1.82) is 0 Å². The van der Waals surface area contributed by atoms with Crippen LogP contribution in [0.5, 0.6) is 0 Å². The largest absolute Gasteiger partial charge is 0.481 e. The molecule has 5 heteroatoms. The predicted molar refractivity (Wildman–Crippen MR) is 72.1 cm³/mol. The van der Waals surface area contributed by atoms with Crippen LogP contribution in [-0.2, 0) is 20.7 Å². The Bertz CT molecular complexity index is 477. The molecule has 0 aliphatic carbocycles. The van der Waals surface area contributed by atoms with E-state index in [-0.39, 0.29) is 6.42 Å². The summed E-state index contributed by atoms with van der Waals surface area (Å²) in [6, 6.07) is 6.77. The van der Waals surface area contributed by atoms with Crippen molar-refractivity contribution in [2.75, 3.05) is 0 Å². The average molecular weight is 285 g/mol. The first-order chi connectivity index (χ1) is 8.69. The fourth-order valence-electron chi connectivity index (χ4n) is 1.54. The molecule has 0 saturated heterocycles. The maximum Gasteiger partial charge on any atom is 0.321 e. The highest BCUT2D eigenvalue weighted by Crippen LogP contribution is 2.18. The van der Waals surface area contributed by atoms with Crippen molar-refractivity contribution >= 4 is 23.5 Å². The maximum absolute atomic E-state index is 11.9. The van der Waals surface area contributed by atoms with Gasteiger partial charge in [0.25, 0.3) is 0 Å². The van der Waals surface area contributed by atoms with Crippen LogP contribution in [0, 0.1) is 5.92 Å². The van der Waals surface area contributed by atoms with Gasteiger partial charge in [0.05, 0.1) is 0 Å². The van der Waals surface area contributed by atoms with E-state index in [4.69, 9.17) is 21.4 Å². The Hall–Kier alpha value is -1.55. The number of carbonyl (C=O) groups excluding carboxylic acids is 1. The zero-order chi connectivity index (χ0) is 14.6. The molecule has 0 unspecified atom stereocenters. The number of benzene rings is 1. The van der Waals surface area contributed by atoms with Gasteiger partial charge in [-0.05, 0) is 44.9 Å². The third-order valence-corrected chi connectivity index (χ3v) is 2.55. The first-order valence-corrected chi connectivity index (χ1v) is 6.27. The maximum atomic E-state index is 11.9. The van der Waals surface area contributed by atoms with Gasteiger partial charge < -0.3 is 9.84 Å². The summed E-state index contributed by atoms with van der Waals surface area (Å²) in [4.78, 5) is 23.0. The van der Waals surface area contributed by atoms with E-state index in [2.05, 4.69) is 0 Å². The molecule has 0 radical (unpaired) electrons. The number of carbonyl (C=O) groups is 2. The smallest absolute Gasteiger partial charge is 0.321 e. The first kappa shape index (κ1) is 15.5. The van der Waals surface area contributed by atoms with Gasteiger partial charge in [-0.25, -0.2) is 0 Å². The molecule has 0 amide bonds. The van der Waals surface area contributed by atoms with E-state index in [9.17, 15) is 9.59 Å². The van der Waals surface area contributed by atoms with Crippen molar-refractivity contribution in [3.63, 3.8) is 0 Å². The van der Waals surface area contributed by atoms with Crippen molar-refractivity contribution in [3.8, 4) is 0 Å².